The van der Waals surface area contributed by atoms with Gasteiger partial charge in [-0.05, 0) is 24.1 Å². The van der Waals surface area contributed by atoms with Crippen LogP contribution in [-0.4, -0.2) is 22.1 Å². The SMILES string of the molecule is COc1nc(Cl)nc(OC(C)c2ccccc2)n1. The summed E-state index contributed by atoms with van der Waals surface area (Å²) in [5.41, 5.74) is 1.02. The fourth-order valence-corrected chi connectivity index (χ4v) is 1.55. The lowest BCUT2D eigenvalue weighted by Crippen LogP contribution is -2.07. The Labute approximate surface area is 110 Å². The van der Waals surface area contributed by atoms with Crippen LogP contribution in [0.2, 0.25) is 5.28 Å². The number of halogens is 1. The van der Waals surface area contributed by atoms with Crippen LogP contribution in [0.15, 0.2) is 30.3 Å². The van der Waals surface area contributed by atoms with Crippen molar-refractivity contribution in [1.29, 1.82) is 0 Å². The van der Waals surface area contributed by atoms with Gasteiger partial charge in [0.1, 0.15) is 6.10 Å². The highest BCUT2D eigenvalue weighted by molar-refractivity contribution is 6.28. The minimum Gasteiger partial charge on any atom is -0.467 e. The molecule has 0 aliphatic heterocycles. The summed E-state index contributed by atoms with van der Waals surface area (Å²) in [5, 5.41) is 0.0390. The zero-order chi connectivity index (χ0) is 13.0. The molecule has 0 aliphatic rings. The molecule has 2 rings (SSSR count). The zero-order valence-electron chi connectivity index (χ0n) is 10.0. The van der Waals surface area contributed by atoms with Crippen molar-refractivity contribution in [2.75, 3.05) is 7.11 Å². The molecule has 1 unspecified atom stereocenters. The molecule has 2 aromatic rings. The quantitative estimate of drug-likeness (QED) is 0.851. The van der Waals surface area contributed by atoms with Gasteiger partial charge < -0.3 is 9.47 Å². The summed E-state index contributed by atoms with van der Waals surface area (Å²) >= 11 is 5.74. The summed E-state index contributed by atoms with van der Waals surface area (Å²) in [4.78, 5) is 11.6. The second kappa shape index (κ2) is 5.64. The third kappa shape index (κ3) is 3.07. The molecule has 0 N–H and O–H groups in total. The predicted octanol–water partition coefficient (Wildman–Crippen LogP) is 2.67. The van der Waals surface area contributed by atoms with Crippen molar-refractivity contribution < 1.29 is 9.47 Å². The number of hydrogen-bond donors (Lipinski definition) is 0. The lowest BCUT2D eigenvalue weighted by Gasteiger charge is -2.13. The Morgan fingerprint density at radius 2 is 1.72 bits per heavy atom. The van der Waals surface area contributed by atoms with Gasteiger partial charge in [-0.3, -0.25) is 0 Å². The first-order chi connectivity index (χ1) is 8.69. The molecule has 5 nitrogen and oxygen atoms in total. The fourth-order valence-electron chi connectivity index (χ4n) is 1.41. The predicted molar refractivity (Wildman–Crippen MR) is 66.9 cm³/mol. The lowest BCUT2D eigenvalue weighted by atomic mass is 10.1. The van der Waals surface area contributed by atoms with Gasteiger partial charge in [0.05, 0.1) is 7.11 Å². The average Bonchev–Trinajstić information content (AvgIpc) is 2.39. The molecule has 0 fully saturated rings. The van der Waals surface area contributed by atoms with Gasteiger partial charge in [-0.1, -0.05) is 30.3 Å². The van der Waals surface area contributed by atoms with E-state index in [1.165, 1.54) is 7.11 Å². The first-order valence-electron chi connectivity index (χ1n) is 5.36. The Bertz CT molecular complexity index is 522. The molecular formula is C12H12ClN3O2. The highest BCUT2D eigenvalue weighted by Gasteiger charge is 2.11. The van der Waals surface area contributed by atoms with E-state index >= 15 is 0 Å². The number of benzene rings is 1. The topological polar surface area (TPSA) is 57.1 Å². The van der Waals surface area contributed by atoms with Gasteiger partial charge in [0.2, 0.25) is 5.28 Å². The van der Waals surface area contributed by atoms with E-state index in [4.69, 9.17) is 21.1 Å². The van der Waals surface area contributed by atoms with Crippen molar-refractivity contribution in [2.24, 2.45) is 0 Å². The van der Waals surface area contributed by atoms with Crippen LogP contribution in [0.3, 0.4) is 0 Å². The third-order valence-electron chi connectivity index (χ3n) is 2.30. The smallest absolute Gasteiger partial charge is 0.324 e. The van der Waals surface area contributed by atoms with E-state index in [2.05, 4.69) is 15.0 Å². The standard InChI is InChI=1S/C12H12ClN3O2/c1-8(9-6-4-3-5-7-9)18-12-15-10(13)14-11(16-12)17-2/h3-8H,1-2H3. The van der Waals surface area contributed by atoms with Crippen LogP contribution >= 0.6 is 11.6 Å². The van der Waals surface area contributed by atoms with Crippen LogP contribution in [0.1, 0.15) is 18.6 Å². The Morgan fingerprint density at radius 1 is 1.06 bits per heavy atom. The Balaban J connectivity index is 2.16. The maximum Gasteiger partial charge on any atom is 0.324 e. The molecule has 0 saturated carbocycles. The van der Waals surface area contributed by atoms with Crippen LogP contribution in [0.4, 0.5) is 0 Å². The van der Waals surface area contributed by atoms with E-state index in [9.17, 15) is 0 Å². The minimum atomic E-state index is -0.186. The largest absolute Gasteiger partial charge is 0.467 e. The van der Waals surface area contributed by atoms with Crippen molar-refractivity contribution in [3.05, 3.63) is 41.2 Å². The van der Waals surface area contributed by atoms with Crippen LogP contribution < -0.4 is 9.47 Å². The van der Waals surface area contributed by atoms with Gasteiger partial charge in [-0.25, -0.2) is 0 Å². The van der Waals surface area contributed by atoms with E-state index in [0.717, 1.165) is 5.56 Å². The highest BCUT2D eigenvalue weighted by atomic mass is 35.5. The van der Waals surface area contributed by atoms with Gasteiger partial charge in [0.15, 0.2) is 0 Å². The molecule has 18 heavy (non-hydrogen) atoms. The van der Waals surface area contributed by atoms with E-state index in [1.807, 2.05) is 37.3 Å². The first kappa shape index (κ1) is 12.6. The van der Waals surface area contributed by atoms with E-state index < -0.39 is 0 Å². The molecule has 94 valence electrons. The van der Waals surface area contributed by atoms with Crippen molar-refractivity contribution in [3.8, 4) is 12.0 Å². The average molecular weight is 266 g/mol. The van der Waals surface area contributed by atoms with Gasteiger partial charge in [0.25, 0.3) is 0 Å². The van der Waals surface area contributed by atoms with Crippen LogP contribution in [0.5, 0.6) is 12.0 Å². The Hall–Kier alpha value is -1.88. The third-order valence-corrected chi connectivity index (χ3v) is 2.47. The minimum absolute atomic E-state index is 0.0390. The molecule has 0 bridgehead atoms. The summed E-state index contributed by atoms with van der Waals surface area (Å²) < 4.78 is 10.5. The molecule has 1 atom stereocenters. The van der Waals surface area contributed by atoms with Gasteiger partial charge in [-0.2, -0.15) is 9.97 Å². The summed E-state index contributed by atoms with van der Waals surface area (Å²) in [6.45, 7) is 1.90. The van der Waals surface area contributed by atoms with Crippen LogP contribution in [-0.2, 0) is 0 Å². The Morgan fingerprint density at radius 3 is 2.39 bits per heavy atom. The summed E-state index contributed by atoms with van der Waals surface area (Å²) in [6.07, 6.45) is -0.186. The molecule has 0 aliphatic carbocycles. The van der Waals surface area contributed by atoms with E-state index in [-0.39, 0.29) is 23.4 Å². The summed E-state index contributed by atoms with van der Waals surface area (Å²) in [6, 6.07) is 10.0. The molecule has 1 heterocycles. The number of nitrogens with zero attached hydrogens (tertiary/aromatic N) is 3. The van der Waals surface area contributed by atoms with Crippen molar-refractivity contribution in [1.82, 2.24) is 15.0 Å². The number of rotatable bonds is 4. The number of aromatic nitrogens is 3. The highest BCUT2D eigenvalue weighted by Crippen LogP contribution is 2.20. The molecular weight excluding hydrogens is 254 g/mol. The van der Waals surface area contributed by atoms with Crippen molar-refractivity contribution in [2.45, 2.75) is 13.0 Å². The number of methoxy groups -OCH3 is 1. The Kier molecular flexibility index (Phi) is 3.94. The normalized spacial score (nSPS) is 11.9. The molecule has 0 spiro atoms. The fraction of sp³-hybridized carbons (Fsp3) is 0.250. The monoisotopic (exact) mass is 265 g/mol. The second-order valence-electron chi connectivity index (χ2n) is 3.54. The van der Waals surface area contributed by atoms with Crippen LogP contribution in [0, 0.1) is 0 Å². The number of hydrogen-bond acceptors (Lipinski definition) is 5. The molecule has 0 radical (unpaired) electrons. The summed E-state index contributed by atoms with van der Waals surface area (Å²) in [7, 11) is 1.45. The molecule has 0 amide bonds. The molecule has 1 aromatic carbocycles. The van der Waals surface area contributed by atoms with Crippen LogP contribution in [0.25, 0.3) is 0 Å². The van der Waals surface area contributed by atoms with Gasteiger partial charge >= 0.3 is 12.0 Å². The lowest BCUT2D eigenvalue weighted by molar-refractivity contribution is 0.202. The molecule has 1 aromatic heterocycles. The number of ether oxygens (including phenoxy) is 2. The van der Waals surface area contributed by atoms with Gasteiger partial charge in [-0.15, -0.1) is 4.98 Å². The first-order valence-corrected chi connectivity index (χ1v) is 5.74. The molecule has 6 heteroatoms. The molecule has 0 saturated heterocycles. The maximum absolute atomic E-state index is 5.74. The maximum atomic E-state index is 5.74. The summed E-state index contributed by atoms with van der Waals surface area (Å²) in [5.74, 6) is 0. The van der Waals surface area contributed by atoms with Crippen molar-refractivity contribution in [3.63, 3.8) is 0 Å². The van der Waals surface area contributed by atoms with Crippen molar-refractivity contribution >= 4 is 11.6 Å². The second-order valence-corrected chi connectivity index (χ2v) is 3.88. The van der Waals surface area contributed by atoms with E-state index in [0.29, 0.717) is 0 Å². The van der Waals surface area contributed by atoms with E-state index in [1.54, 1.807) is 0 Å². The van der Waals surface area contributed by atoms with Gasteiger partial charge in [0, 0.05) is 0 Å². The zero-order valence-corrected chi connectivity index (χ0v) is 10.8.